The van der Waals surface area contributed by atoms with Crippen molar-refractivity contribution in [1.82, 2.24) is 20.5 Å². The number of nitrogens with zero attached hydrogens (tertiary/aromatic N) is 1. The Labute approximate surface area is 176 Å². The summed E-state index contributed by atoms with van der Waals surface area (Å²) in [6, 6.07) is 0. The fraction of sp³-hybridized carbons (Fsp3) is 0.500. The monoisotopic (exact) mass is 440 g/mol. The number of fused-ring (bicyclic) bond motifs is 1. The number of ketones is 1. The molecular formula is C20H23F3N4O4. The molecule has 0 spiro atoms. The maximum atomic E-state index is 14.1. The number of halogens is 3. The van der Waals surface area contributed by atoms with Gasteiger partial charge >= 0.3 is 0 Å². The van der Waals surface area contributed by atoms with Crippen LogP contribution in [-0.4, -0.2) is 52.8 Å². The van der Waals surface area contributed by atoms with E-state index in [1.54, 1.807) is 6.92 Å². The number of amides is 3. The lowest BCUT2D eigenvalue weighted by atomic mass is 9.72. The maximum absolute atomic E-state index is 14.1. The van der Waals surface area contributed by atoms with E-state index in [0.717, 1.165) is 0 Å². The van der Waals surface area contributed by atoms with Crippen molar-refractivity contribution < 1.29 is 32.3 Å². The Morgan fingerprint density at radius 2 is 1.81 bits per heavy atom. The summed E-state index contributed by atoms with van der Waals surface area (Å²) in [6.07, 6.45) is -3.42. The third-order valence-corrected chi connectivity index (χ3v) is 5.52. The third-order valence-electron chi connectivity index (χ3n) is 5.52. The van der Waals surface area contributed by atoms with Crippen molar-refractivity contribution in [2.75, 3.05) is 7.05 Å². The minimum atomic E-state index is -3.15. The van der Waals surface area contributed by atoms with Crippen LogP contribution in [-0.2, 0) is 22.6 Å². The van der Waals surface area contributed by atoms with Crippen LogP contribution in [0.2, 0.25) is 0 Å². The van der Waals surface area contributed by atoms with Gasteiger partial charge < -0.3 is 20.5 Å². The maximum Gasteiger partial charge on any atom is 0.293 e. The normalized spacial score (nSPS) is 20.3. The first-order chi connectivity index (χ1) is 14.3. The third kappa shape index (κ3) is 3.84. The molecule has 0 bridgehead atoms. The molecule has 1 aromatic rings. The van der Waals surface area contributed by atoms with E-state index in [9.17, 15) is 32.3 Å². The van der Waals surface area contributed by atoms with E-state index in [2.05, 4.69) is 22.5 Å². The molecule has 0 unspecified atom stereocenters. The van der Waals surface area contributed by atoms with Crippen LogP contribution in [0.25, 0.3) is 0 Å². The number of carbonyl (C=O) groups excluding carboxylic acids is 4. The highest BCUT2D eigenvalue weighted by Crippen LogP contribution is 2.45. The Morgan fingerprint density at radius 1 is 1.19 bits per heavy atom. The zero-order valence-corrected chi connectivity index (χ0v) is 17.3. The van der Waals surface area contributed by atoms with Gasteiger partial charge in [-0.15, -0.1) is 0 Å². The van der Waals surface area contributed by atoms with Crippen molar-refractivity contribution in [2.45, 2.75) is 57.3 Å². The molecule has 3 N–H and O–H groups in total. The van der Waals surface area contributed by atoms with Gasteiger partial charge in [-0.1, -0.05) is 6.58 Å². The lowest BCUT2D eigenvalue weighted by molar-refractivity contribution is -0.164. The molecule has 1 aliphatic heterocycles. The second-order valence-corrected chi connectivity index (χ2v) is 8.10. The summed E-state index contributed by atoms with van der Waals surface area (Å²) in [6.45, 7) is 6.40. The average Bonchev–Trinajstić information content (AvgIpc) is 3.10. The van der Waals surface area contributed by atoms with Gasteiger partial charge in [0.1, 0.15) is 17.4 Å². The van der Waals surface area contributed by atoms with E-state index in [0.29, 0.717) is 5.70 Å². The molecule has 2 aliphatic rings. The van der Waals surface area contributed by atoms with Crippen LogP contribution in [0.1, 0.15) is 51.9 Å². The summed E-state index contributed by atoms with van der Waals surface area (Å²) in [5, 5.41) is 6.84. The molecule has 1 atom stereocenters. The van der Waals surface area contributed by atoms with Gasteiger partial charge in [-0.05, 0) is 19.4 Å². The Balaban J connectivity index is 1.95. The second-order valence-electron chi connectivity index (χ2n) is 8.10. The Morgan fingerprint density at radius 3 is 2.32 bits per heavy atom. The largest absolute Gasteiger partial charge is 0.357 e. The van der Waals surface area contributed by atoms with Gasteiger partial charge in [-0.3, -0.25) is 19.2 Å². The molecule has 0 radical (unpaired) electrons. The van der Waals surface area contributed by atoms with Gasteiger partial charge in [0.2, 0.25) is 5.91 Å². The van der Waals surface area contributed by atoms with Crippen LogP contribution in [0.15, 0.2) is 12.3 Å². The van der Waals surface area contributed by atoms with E-state index < -0.39 is 54.0 Å². The minimum Gasteiger partial charge on any atom is -0.357 e. The standard InChI is InChI=1S/C20H23F3N4O4/c1-9(2)25-16(29)14-10(3)13(12-5-11(21)6-27(12)14)15(28)17(30)26-19(18(31)24-4)7-20(22,23)8-19/h11H,1,5-8H2,2-4H3,(H,24,31)(H,25,29)(H,26,30)/t11-/m1/s1. The zero-order chi connectivity index (χ0) is 23.3. The summed E-state index contributed by atoms with van der Waals surface area (Å²) in [5.41, 5.74) is -1.39. The Kier molecular flexibility index (Phi) is 5.49. The predicted octanol–water partition coefficient (Wildman–Crippen LogP) is 1.17. The van der Waals surface area contributed by atoms with Crippen LogP contribution < -0.4 is 16.0 Å². The fourth-order valence-corrected chi connectivity index (χ4v) is 4.30. The highest BCUT2D eigenvalue weighted by Gasteiger charge is 2.62. The number of Topliss-reactive ketones (excluding diaryl/α,β-unsaturated/α-hetero) is 1. The Bertz CT molecular complexity index is 1010. The molecule has 0 saturated heterocycles. The minimum absolute atomic E-state index is 0.0190. The molecule has 0 aromatic carbocycles. The quantitative estimate of drug-likeness (QED) is 0.456. The number of hydrogen-bond donors (Lipinski definition) is 3. The first-order valence-corrected chi connectivity index (χ1v) is 9.61. The number of hydrogen-bond acceptors (Lipinski definition) is 4. The number of allylic oxidation sites excluding steroid dienone is 1. The van der Waals surface area contributed by atoms with Crippen molar-refractivity contribution in [3.63, 3.8) is 0 Å². The van der Waals surface area contributed by atoms with Crippen LogP contribution in [0.3, 0.4) is 0 Å². The summed E-state index contributed by atoms with van der Waals surface area (Å²) >= 11 is 0. The van der Waals surface area contributed by atoms with Gasteiger partial charge in [0, 0.05) is 37.7 Å². The smallest absolute Gasteiger partial charge is 0.293 e. The summed E-state index contributed by atoms with van der Waals surface area (Å²) in [5.74, 6) is -7.00. The van der Waals surface area contributed by atoms with Crippen LogP contribution in [0, 0.1) is 6.92 Å². The number of alkyl halides is 3. The van der Waals surface area contributed by atoms with Gasteiger partial charge in [0.15, 0.2) is 0 Å². The highest BCUT2D eigenvalue weighted by atomic mass is 19.3. The fourth-order valence-electron chi connectivity index (χ4n) is 4.30. The molecule has 11 heteroatoms. The molecule has 3 rings (SSSR count). The SMILES string of the molecule is C=C(C)NC(=O)c1c(C)c(C(=O)C(=O)NC2(C(=O)NC)CC(F)(F)C2)c2n1C[C@H](F)C2. The molecule has 1 saturated carbocycles. The number of likely N-dealkylation sites (N-methyl/N-ethyl adjacent to an activating group) is 1. The Hall–Kier alpha value is -3.11. The molecule has 31 heavy (non-hydrogen) atoms. The number of rotatable bonds is 6. The molecule has 1 aromatic heterocycles. The van der Waals surface area contributed by atoms with E-state index in [-0.39, 0.29) is 35.5 Å². The van der Waals surface area contributed by atoms with E-state index >= 15 is 0 Å². The number of nitrogens with one attached hydrogen (secondary N) is 3. The molecule has 2 heterocycles. The predicted molar refractivity (Wildman–Crippen MR) is 104 cm³/mol. The van der Waals surface area contributed by atoms with E-state index in [4.69, 9.17) is 0 Å². The lowest BCUT2D eigenvalue weighted by Gasteiger charge is -2.45. The van der Waals surface area contributed by atoms with E-state index in [1.165, 1.54) is 18.5 Å². The van der Waals surface area contributed by atoms with Crippen LogP contribution in [0.4, 0.5) is 13.2 Å². The molecule has 1 fully saturated rings. The van der Waals surface area contributed by atoms with Crippen molar-refractivity contribution in [3.05, 3.63) is 34.8 Å². The second kappa shape index (κ2) is 7.54. The van der Waals surface area contributed by atoms with Gasteiger partial charge in [0.25, 0.3) is 23.5 Å². The number of aromatic nitrogens is 1. The topological polar surface area (TPSA) is 109 Å². The van der Waals surface area contributed by atoms with Crippen LogP contribution in [0.5, 0.6) is 0 Å². The van der Waals surface area contributed by atoms with Crippen molar-refractivity contribution in [1.29, 1.82) is 0 Å². The van der Waals surface area contributed by atoms with Crippen LogP contribution >= 0.6 is 0 Å². The van der Waals surface area contributed by atoms with Crippen molar-refractivity contribution in [3.8, 4) is 0 Å². The molecule has 3 amide bonds. The van der Waals surface area contributed by atoms with Gasteiger partial charge in [-0.25, -0.2) is 13.2 Å². The summed E-state index contributed by atoms with van der Waals surface area (Å²) in [4.78, 5) is 50.3. The lowest BCUT2D eigenvalue weighted by Crippen LogP contribution is -2.69. The molecule has 8 nitrogen and oxygen atoms in total. The first-order valence-electron chi connectivity index (χ1n) is 9.61. The number of carbonyl (C=O) groups is 4. The molecule has 1 aliphatic carbocycles. The molecule has 168 valence electrons. The van der Waals surface area contributed by atoms with Crippen molar-refractivity contribution >= 4 is 23.5 Å². The van der Waals surface area contributed by atoms with Gasteiger partial charge in [0.05, 0.1) is 12.1 Å². The highest BCUT2D eigenvalue weighted by molar-refractivity contribution is 6.44. The van der Waals surface area contributed by atoms with Gasteiger partial charge in [-0.2, -0.15) is 0 Å². The average molecular weight is 440 g/mol. The molecular weight excluding hydrogens is 417 g/mol. The van der Waals surface area contributed by atoms with Crippen molar-refractivity contribution in [2.24, 2.45) is 0 Å². The first kappa shape index (κ1) is 22.6. The summed E-state index contributed by atoms with van der Waals surface area (Å²) < 4.78 is 42.4. The van der Waals surface area contributed by atoms with E-state index in [1.807, 2.05) is 0 Å². The summed E-state index contributed by atoms with van der Waals surface area (Å²) in [7, 11) is 1.23. The zero-order valence-electron chi connectivity index (χ0n) is 17.3.